The molecule has 0 saturated carbocycles. The van der Waals surface area contributed by atoms with Crippen LogP contribution in [-0.4, -0.2) is 26.3 Å². The van der Waals surface area contributed by atoms with Gasteiger partial charge in [-0.05, 0) is 30.8 Å². The van der Waals surface area contributed by atoms with Crippen LogP contribution in [0.4, 0.5) is 0 Å². The molecule has 0 aromatic rings. The highest BCUT2D eigenvalue weighted by Crippen LogP contribution is 2.20. The van der Waals surface area contributed by atoms with Crippen molar-refractivity contribution in [1.82, 2.24) is 5.32 Å². The molecule has 0 bridgehead atoms. The Kier molecular flexibility index (Phi) is 3.53. The highest BCUT2D eigenvalue weighted by Gasteiger charge is 2.19. The van der Waals surface area contributed by atoms with Crippen molar-refractivity contribution in [3.05, 3.63) is 0 Å². The Morgan fingerprint density at radius 3 is 2.92 bits per heavy atom. The fourth-order valence-corrected chi connectivity index (χ4v) is 1.44. The molecule has 0 aliphatic carbocycles. The van der Waals surface area contributed by atoms with Gasteiger partial charge in [-0.1, -0.05) is 20.8 Å². The molecule has 0 radical (unpaired) electrons. The molecule has 1 aliphatic heterocycles. The topological polar surface area (TPSA) is 21.3 Å². The predicted octanol–water partition coefficient (Wildman–Crippen LogP) is 1.66. The maximum absolute atomic E-state index is 5.64. The molecule has 0 aromatic heterocycles. The Morgan fingerprint density at radius 1 is 1.42 bits per heavy atom. The van der Waals surface area contributed by atoms with Crippen LogP contribution >= 0.6 is 0 Å². The number of hydrogen-bond donors (Lipinski definition) is 1. The van der Waals surface area contributed by atoms with E-state index in [9.17, 15) is 0 Å². The third-order valence-electron chi connectivity index (χ3n) is 2.37. The molecule has 0 amide bonds. The second kappa shape index (κ2) is 4.24. The molecule has 72 valence electrons. The fourth-order valence-electron chi connectivity index (χ4n) is 1.44. The predicted molar refractivity (Wildman–Crippen MR) is 51.3 cm³/mol. The molecule has 2 heteroatoms. The van der Waals surface area contributed by atoms with Gasteiger partial charge in [-0.25, -0.2) is 0 Å². The van der Waals surface area contributed by atoms with Gasteiger partial charge in [0.1, 0.15) is 0 Å². The van der Waals surface area contributed by atoms with Crippen molar-refractivity contribution in [3.8, 4) is 0 Å². The molecule has 1 unspecified atom stereocenters. The van der Waals surface area contributed by atoms with Gasteiger partial charge in [0, 0.05) is 0 Å². The normalized spacial score (nSPS) is 31.8. The van der Waals surface area contributed by atoms with Crippen LogP contribution in [0.5, 0.6) is 0 Å². The lowest BCUT2D eigenvalue weighted by molar-refractivity contribution is 0.0476. The molecule has 1 N–H and O–H groups in total. The monoisotopic (exact) mass is 171 g/mol. The smallest absolute Gasteiger partial charge is 0.0517 e. The van der Waals surface area contributed by atoms with Gasteiger partial charge in [0.2, 0.25) is 0 Å². The quantitative estimate of drug-likeness (QED) is 0.598. The van der Waals surface area contributed by atoms with E-state index < -0.39 is 0 Å². The van der Waals surface area contributed by atoms with Gasteiger partial charge in [0.15, 0.2) is 0 Å². The minimum absolute atomic E-state index is 0.344. The van der Waals surface area contributed by atoms with Crippen molar-refractivity contribution in [3.63, 3.8) is 0 Å². The molecular weight excluding hydrogens is 150 g/mol. The molecular formula is C10H21NO. The van der Waals surface area contributed by atoms with Crippen molar-refractivity contribution >= 4 is 0 Å². The van der Waals surface area contributed by atoms with Crippen LogP contribution in [0.25, 0.3) is 0 Å². The van der Waals surface area contributed by atoms with Crippen LogP contribution in [0.1, 0.15) is 27.2 Å². The van der Waals surface area contributed by atoms with Crippen molar-refractivity contribution in [1.29, 1.82) is 0 Å². The Morgan fingerprint density at radius 2 is 2.17 bits per heavy atom. The van der Waals surface area contributed by atoms with Crippen LogP contribution in [0, 0.1) is 11.3 Å². The summed E-state index contributed by atoms with van der Waals surface area (Å²) >= 11 is 0. The molecule has 1 aliphatic rings. The number of hydrogen-bond acceptors (Lipinski definition) is 2. The van der Waals surface area contributed by atoms with Gasteiger partial charge in [-0.15, -0.1) is 0 Å². The Labute approximate surface area is 75.7 Å². The summed E-state index contributed by atoms with van der Waals surface area (Å²) in [5.41, 5.74) is 0.344. The third-order valence-corrected chi connectivity index (χ3v) is 2.37. The van der Waals surface area contributed by atoms with Crippen LogP contribution < -0.4 is 5.32 Å². The lowest BCUT2D eigenvalue weighted by atomic mass is 9.90. The maximum atomic E-state index is 5.64. The number of nitrogens with one attached hydrogen (secondary N) is 1. The summed E-state index contributed by atoms with van der Waals surface area (Å²) in [4.78, 5) is 0. The summed E-state index contributed by atoms with van der Waals surface area (Å²) in [5, 5.41) is 3.45. The van der Waals surface area contributed by atoms with E-state index in [-0.39, 0.29) is 0 Å². The summed E-state index contributed by atoms with van der Waals surface area (Å²) in [5.74, 6) is 0.652. The second-order valence-corrected chi connectivity index (χ2v) is 4.74. The van der Waals surface area contributed by atoms with Crippen LogP contribution in [0.3, 0.4) is 0 Å². The van der Waals surface area contributed by atoms with Crippen LogP contribution in [-0.2, 0) is 4.74 Å². The molecule has 1 rings (SSSR count). The van der Waals surface area contributed by atoms with E-state index in [2.05, 4.69) is 26.1 Å². The summed E-state index contributed by atoms with van der Waals surface area (Å²) in [6, 6.07) is 0. The van der Waals surface area contributed by atoms with E-state index in [4.69, 9.17) is 4.74 Å². The first-order valence-corrected chi connectivity index (χ1v) is 4.89. The van der Waals surface area contributed by atoms with Gasteiger partial charge in [0.05, 0.1) is 13.2 Å². The van der Waals surface area contributed by atoms with Gasteiger partial charge < -0.3 is 10.1 Å². The van der Waals surface area contributed by atoms with E-state index in [0.29, 0.717) is 11.3 Å². The van der Waals surface area contributed by atoms with Gasteiger partial charge in [0.25, 0.3) is 0 Å². The SMILES string of the molecule is CC1CNCCC(C)(C)COC1. The van der Waals surface area contributed by atoms with E-state index in [1.54, 1.807) is 0 Å². The average Bonchev–Trinajstić information content (AvgIpc) is 2.02. The van der Waals surface area contributed by atoms with E-state index in [0.717, 1.165) is 26.3 Å². The maximum Gasteiger partial charge on any atom is 0.0517 e. The Balaban J connectivity index is 2.37. The fraction of sp³-hybridized carbons (Fsp3) is 1.00. The summed E-state index contributed by atoms with van der Waals surface area (Å²) in [6.07, 6.45) is 1.21. The molecule has 1 saturated heterocycles. The Bertz CT molecular complexity index is 134. The summed E-state index contributed by atoms with van der Waals surface area (Å²) in [6.45, 7) is 10.8. The van der Waals surface area contributed by atoms with E-state index in [1.807, 2.05) is 0 Å². The lowest BCUT2D eigenvalue weighted by Crippen LogP contribution is -2.25. The standard InChI is InChI=1S/C10H21NO/c1-9-6-11-5-4-10(2,3)8-12-7-9/h9,11H,4-8H2,1-3H3. The third kappa shape index (κ3) is 3.55. The first-order valence-electron chi connectivity index (χ1n) is 4.89. The molecule has 0 aromatic carbocycles. The molecule has 1 fully saturated rings. The van der Waals surface area contributed by atoms with Crippen LogP contribution in [0.15, 0.2) is 0 Å². The minimum Gasteiger partial charge on any atom is -0.381 e. The largest absolute Gasteiger partial charge is 0.381 e. The zero-order valence-corrected chi connectivity index (χ0v) is 8.52. The van der Waals surface area contributed by atoms with E-state index in [1.165, 1.54) is 6.42 Å². The first-order chi connectivity index (χ1) is 5.60. The zero-order valence-electron chi connectivity index (χ0n) is 8.52. The zero-order chi connectivity index (χ0) is 9.03. The molecule has 1 heterocycles. The van der Waals surface area contributed by atoms with Crippen LogP contribution in [0.2, 0.25) is 0 Å². The van der Waals surface area contributed by atoms with Crippen molar-refractivity contribution in [2.75, 3.05) is 26.3 Å². The molecule has 0 spiro atoms. The summed E-state index contributed by atoms with van der Waals surface area (Å²) in [7, 11) is 0. The molecule has 12 heavy (non-hydrogen) atoms. The van der Waals surface area contributed by atoms with Crippen molar-refractivity contribution < 1.29 is 4.74 Å². The highest BCUT2D eigenvalue weighted by atomic mass is 16.5. The van der Waals surface area contributed by atoms with Crippen molar-refractivity contribution in [2.45, 2.75) is 27.2 Å². The Hall–Kier alpha value is -0.0800. The minimum atomic E-state index is 0.344. The highest BCUT2D eigenvalue weighted by molar-refractivity contribution is 4.71. The van der Waals surface area contributed by atoms with Gasteiger partial charge in [-0.2, -0.15) is 0 Å². The number of ether oxygens (including phenoxy) is 1. The van der Waals surface area contributed by atoms with Crippen molar-refractivity contribution in [2.24, 2.45) is 11.3 Å². The van der Waals surface area contributed by atoms with E-state index >= 15 is 0 Å². The summed E-state index contributed by atoms with van der Waals surface area (Å²) < 4.78 is 5.64. The van der Waals surface area contributed by atoms with Gasteiger partial charge in [-0.3, -0.25) is 0 Å². The lowest BCUT2D eigenvalue weighted by Gasteiger charge is -2.23. The number of rotatable bonds is 0. The molecule has 2 nitrogen and oxygen atoms in total. The second-order valence-electron chi connectivity index (χ2n) is 4.74. The molecule has 1 atom stereocenters. The van der Waals surface area contributed by atoms with Gasteiger partial charge >= 0.3 is 0 Å². The first kappa shape index (κ1) is 10.0. The average molecular weight is 171 g/mol.